The minimum absolute atomic E-state index is 0.258. The number of ether oxygens (including phenoxy) is 3. The quantitative estimate of drug-likeness (QED) is 0.717. The van der Waals surface area contributed by atoms with Crippen LogP contribution < -0.4 is 15.2 Å². The maximum absolute atomic E-state index is 11.3. The first-order valence-corrected chi connectivity index (χ1v) is 5.73. The lowest BCUT2D eigenvalue weighted by molar-refractivity contribution is -0.163. The number of hydrogen-bond acceptors (Lipinski definition) is 6. The van der Waals surface area contributed by atoms with Crippen LogP contribution in [0.25, 0.3) is 0 Å². The average molecular weight is 283 g/mol. The molecule has 0 heterocycles. The molecular formula is C13H17NO6. The molecule has 0 spiro atoms. The highest BCUT2D eigenvalue weighted by Crippen LogP contribution is 2.28. The van der Waals surface area contributed by atoms with Crippen LogP contribution in [-0.2, 0) is 9.53 Å². The van der Waals surface area contributed by atoms with E-state index in [-0.39, 0.29) is 23.7 Å². The molecule has 0 radical (unpaired) electrons. The van der Waals surface area contributed by atoms with Gasteiger partial charge in [0.15, 0.2) is 17.1 Å². The summed E-state index contributed by atoms with van der Waals surface area (Å²) < 4.78 is 14.8. The Morgan fingerprint density at radius 3 is 2.45 bits per heavy atom. The molecule has 0 aliphatic carbocycles. The van der Waals surface area contributed by atoms with Crippen molar-refractivity contribution in [2.75, 3.05) is 20.8 Å². The van der Waals surface area contributed by atoms with Crippen LogP contribution in [0.15, 0.2) is 18.2 Å². The largest absolute Gasteiger partial charge is 0.493 e. The Kier molecular flexibility index (Phi) is 4.93. The molecule has 7 heteroatoms. The van der Waals surface area contributed by atoms with Crippen LogP contribution in [0.4, 0.5) is 0 Å². The van der Waals surface area contributed by atoms with Gasteiger partial charge in [-0.25, -0.2) is 4.79 Å². The molecule has 20 heavy (non-hydrogen) atoms. The first-order valence-electron chi connectivity index (χ1n) is 5.73. The third kappa shape index (κ3) is 3.61. The summed E-state index contributed by atoms with van der Waals surface area (Å²) in [5, 5.41) is 9.84. The van der Waals surface area contributed by atoms with Crippen LogP contribution in [0.2, 0.25) is 0 Å². The molecule has 1 unspecified atom stereocenters. The van der Waals surface area contributed by atoms with E-state index in [0.717, 1.165) is 0 Å². The highest BCUT2D eigenvalue weighted by atomic mass is 16.6. The number of rotatable bonds is 6. The molecule has 0 aliphatic rings. The van der Waals surface area contributed by atoms with Crippen LogP contribution in [0.5, 0.6) is 11.5 Å². The van der Waals surface area contributed by atoms with Crippen molar-refractivity contribution in [1.82, 2.24) is 0 Å². The van der Waals surface area contributed by atoms with Crippen LogP contribution in [-0.4, -0.2) is 43.4 Å². The van der Waals surface area contributed by atoms with Gasteiger partial charge < -0.3 is 25.1 Å². The Morgan fingerprint density at radius 2 is 1.95 bits per heavy atom. The average Bonchev–Trinajstić information content (AvgIpc) is 2.43. The number of esters is 1. The molecule has 1 amide bonds. The third-order valence-corrected chi connectivity index (χ3v) is 2.58. The van der Waals surface area contributed by atoms with E-state index in [1.54, 1.807) is 0 Å². The van der Waals surface area contributed by atoms with Crippen molar-refractivity contribution < 1.29 is 28.9 Å². The zero-order valence-electron chi connectivity index (χ0n) is 11.5. The van der Waals surface area contributed by atoms with Crippen molar-refractivity contribution in [3.8, 4) is 11.5 Å². The van der Waals surface area contributed by atoms with Gasteiger partial charge in [-0.3, -0.25) is 4.79 Å². The maximum Gasteiger partial charge on any atom is 0.341 e. The molecule has 7 nitrogen and oxygen atoms in total. The fraction of sp³-hybridized carbons (Fsp3) is 0.385. The maximum atomic E-state index is 11.3. The van der Waals surface area contributed by atoms with Gasteiger partial charge in [-0.05, 0) is 25.1 Å². The van der Waals surface area contributed by atoms with Crippen molar-refractivity contribution in [3.63, 3.8) is 0 Å². The standard InChI is InChI=1S/C13H17NO6/c1-13(17,12(16)19-3)7-20-9-5-4-8(11(14)15)6-10(9)18-2/h4-6,17H,7H2,1-3H3,(H2,14,15). The summed E-state index contributed by atoms with van der Waals surface area (Å²) in [6.07, 6.45) is 0. The molecule has 0 aliphatic heterocycles. The van der Waals surface area contributed by atoms with Crippen molar-refractivity contribution in [2.24, 2.45) is 5.73 Å². The third-order valence-electron chi connectivity index (χ3n) is 2.58. The van der Waals surface area contributed by atoms with E-state index >= 15 is 0 Å². The fourth-order valence-electron chi connectivity index (χ4n) is 1.44. The first kappa shape index (κ1) is 15.8. The van der Waals surface area contributed by atoms with Gasteiger partial charge in [-0.1, -0.05) is 0 Å². The van der Waals surface area contributed by atoms with Gasteiger partial charge in [0.25, 0.3) is 0 Å². The zero-order valence-corrected chi connectivity index (χ0v) is 11.5. The molecule has 1 aromatic rings. The summed E-state index contributed by atoms with van der Waals surface area (Å²) >= 11 is 0. The second-order valence-corrected chi connectivity index (χ2v) is 4.28. The van der Waals surface area contributed by atoms with Gasteiger partial charge in [-0.2, -0.15) is 0 Å². The topological polar surface area (TPSA) is 108 Å². The smallest absolute Gasteiger partial charge is 0.341 e. The number of primary amides is 1. The Bertz CT molecular complexity index is 512. The molecule has 1 rings (SSSR count). The van der Waals surface area contributed by atoms with Gasteiger partial charge >= 0.3 is 5.97 Å². The second-order valence-electron chi connectivity index (χ2n) is 4.28. The van der Waals surface area contributed by atoms with E-state index in [1.807, 2.05) is 0 Å². The van der Waals surface area contributed by atoms with Crippen molar-refractivity contribution in [3.05, 3.63) is 23.8 Å². The number of hydrogen-bond donors (Lipinski definition) is 2. The Labute approximate surface area is 116 Å². The normalized spacial score (nSPS) is 13.2. The second kappa shape index (κ2) is 6.25. The monoisotopic (exact) mass is 283 g/mol. The first-order chi connectivity index (χ1) is 9.31. The van der Waals surface area contributed by atoms with Gasteiger partial charge in [0.05, 0.1) is 14.2 Å². The molecule has 1 atom stereocenters. The van der Waals surface area contributed by atoms with Crippen LogP contribution >= 0.6 is 0 Å². The minimum atomic E-state index is -1.79. The lowest BCUT2D eigenvalue weighted by Gasteiger charge is -2.21. The Balaban J connectivity index is 2.88. The molecule has 1 aromatic carbocycles. The summed E-state index contributed by atoms with van der Waals surface area (Å²) in [6, 6.07) is 4.32. The van der Waals surface area contributed by atoms with Crippen LogP contribution in [0, 0.1) is 0 Å². The summed E-state index contributed by atoms with van der Waals surface area (Å²) in [6.45, 7) is 0.940. The van der Waals surface area contributed by atoms with E-state index in [0.29, 0.717) is 0 Å². The van der Waals surface area contributed by atoms with Crippen LogP contribution in [0.3, 0.4) is 0 Å². The molecule has 110 valence electrons. The fourth-order valence-corrected chi connectivity index (χ4v) is 1.44. The Hall–Kier alpha value is -2.28. The van der Waals surface area contributed by atoms with Gasteiger partial charge in [0.2, 0.25) is 5.91 Å². The number of carbonyl (C=O) groups is 2. The van der Waals surface area contributed by atoms with Crippen molar-refractivity contribution in [2.45, 2.75) is 12.5 Å². The summed E-state index contributed by atoms with van der Waals surface area (Å²) in [4.78, 5) is 22.4. The summed E-state index contributed by atoms with van der Waals surface area (Å²) in [7, 11) is 2.56. The van der Waals surface area contributed by atoms with E-state index in [9.17, 15) is 14.7 Å². The van der Waals surface area contributed by atoms with E-state index in [2.05, 4.69) is 4.74 Å². The van der Waals surface area contributed by atoms with Gasteiger partial charge in [0.1, 0.15) is 6.61 Å². The molecular weight excluding hydrogens is 266 g/mol. The molecule has 0 fully saturated rings. The minimum Gasteiger partial charge on any atom is -0.493 e. The van der Waals surface area contributed by atoms with Crippen LogP contribution in [0.1, 0.15) is 17.3 Å². The number of carbonyl (C=O) groups excluding carboxylic acids is 2. The Morgan fingerprint density at radius 1 is 1.30 bits per heavy atom. The van der Waals surface area contributed by atoms with E-state index in [1.165, 1.54) is 39.3 Å². The van der Waals surface area contributed by atoms with Gasteiger partial charge in [0, 0.05) is 5.56 Å². The molecule has 0 saturated heterocycles. The summed E-state index contributed by atoms with van der Waals surface area (Å²) in [5.41, 5.74) is 3.62. The zero-order chi connectivity index (χ0) is 15.3. The van der Waals surface area contributed by atoms with E-state index in [4.69, 9.17) is 15.2 Å². The van der Waals surface area contributed by atoms with E-state index < -0.39 is 17.5 Å². The SMILES string of the molecule is COC(=O)C(C)(O)COc1ccc(C(N)=O)cc1OC. The van der Waals surface area contributed by atoms with Crippen molar-refractivity contribution >= 4 is 11.9 Å². The number of amides is 1. The highest BCUT2D eigenvalue weighted by Gasteiger charge is 2.32. The number of nitrogens with two attached hydrogens (primary N) is 1. The number of aliphatic hydroxyl groups is 1. The summed E-state index contributed by atoms with van der Waals surface area (Å²) in [5.74, 6) is -0.884. The molecule has 3 N–H and O–H groups in total. The van der Waals surface area contributed by atoms with Crippen molar-refractivity contribution in [1.29, 1.82) is 0 Å². The highest BCUT2D eigenvalue weighted by molar-refractivity contribution is 5.93. The number of benzene rings is 1. The molecule has 0 bridgehead atoms. The lowest BCUT2D eigenvalue weighted by Crippen LogP contribution is -2.42. The molecule has 0 saturated carbocycles. The van der Waals surface area contributed by atoms with Gasteiger partial charge in [-0.15, -0.1) is 0 Å². The lowest BCUT2D eigenvalue weighted by atomic mass is 10.1. The molecule has 0 aromatic heterocycles. The number of methoxy groups -OCH3 is 2. The predicted octanol–water partition coefficient (Wildman–Crippen LogP) is 0.0969. The predicted molar refractivity (Wildman–Crippen MR) is 69.6 cm³/mol.